The molecular weight excluding hydrogens is 426 g/mol. The van der Waals surface area contributed by atoms with Gasteiger partial charge in [-0.05, 0) is 43.0 Å². The van der Waals surface area contributed by atoms with E-state index in [1.807, 2.05) is 66.4 Å². The molecule has 3 aromatic rings. The highest BCUT2D eigenvalue weighted by molar-refractivity contribution is 6.01. The zero-order valence-electron chi connectivity index (χ0n) is 19.1. The summed E-state index contributed by atoms with van der Waals surface area (Å²) in [7, 11) is 1.60. The molecule has 1 atom stereocenters. The van der Waals surface area contributed by atoms with E-state index in [4.69, 9.17) is 10.5 Å². The van der Waals surface area contributed by atoms with Gasteiger partial charge in [-0.1, -0.05) is 42.5 Å². The number of allylic oxidation sites excluding steroid dienone is 3. The molecule has 0 unspecified atom stereocenters. The molecule has 7 nitrogen and oxygen atoms in total. The van der Waals surface area contributed by atoms with Gasteiger partial charge in [-0.25, -0.2) is 0 Å². The van der Waals surface area contributed by atoms with Gasteiger partial charge in [-0.15, -0.1) is 0 Å². The molecule has 1 aliphatic carbocycles. The summed E-state index contributed by atoms with van der Waals surface area (Å²) in [6, 6.07) is 19.7. The number of hydrogen-bond acceptors (Lipinski definition) is 6. The first-order valence-electron chi connectivity index (χ1n) is 11.3. The predicted molar refractivity (Wildman–Crippen MR) is 130 cm³/mol. The van der Waals surface area contributed by atoms with Crippen LogP contribution in [0.25, 0.3) is 11.1 Å². The quantitative estimate of drug-likeness (QED) is 0.595. The van der Waals surface area contributed by atoms with Crippen LogP contribution in [0, 0.1) is 18.3 Å². The van der Waals surface area contributed by atoms with E-state index in [2.05, 4.69) is 16.3 Å². The summed E-state index contributed by atoms with van der Waals surface area (Å²) in [4.78, 5) is 15.1. The number of H-pyrrole nitrogens is 1. The topological polar surface area (TPSA) is 108 Å². The summed E-state index contributed by atoms with van der Waals surface area (Å²) >= 11 is 0. The number of nitrogens with two attached hydrogens (primary N) is 1. The predicted octanol–water partition coefficient (Wildman–Crippen LogP) is 4.70. The number of nitrogens with one attached hydrogen (secondary N) is 1. The lowest BCUT2D eigenvalue weighted by atomic mass is 9.75. The van der Waals surface area contributed by atoms with Crippen LogP contribution in [0.4, 0.5) is 5.82 Å². The number of anilines is 1. The molecule has 34 heavy (non-hydrogen) atoms. The van der Waals surface area contributed by atoms with Crippen molar-refractivity contribution in [2.24, 2.45) is 5.73 Å². The number of benzene rings is 2. The maximum absolute atomic E-state index is 13.3. The van der Waals surface area contributed by atoms with Gasteiger partial charge in [0.15, 0.2) is 11.6 Å². The Morgan fingerprint density at radius 2 is 1.88 bits per heavy atom. The van der Waals surface area contributed by atoms with Crippen molar-refractivity contribution in [3.63, 3.8) is 0 Å². The van der Waals surface area contributed by atoms with Crippen LogP contribution in [0.2, 0.25) is 0 Å². The van der Waals surface area contributed by atoms with Crippen molar-refractivity contribution in [3.05, 3.63) is 88.5 Å². The number of carbonyl (C=O) groups is 1. The van der Waals surface area contributed by atoms with Crippen LogP contribution in [-0.4, -0.2) is 23.1 Å². The second-order valence-corrected chi connectivity index (χ2v) is 8.50. The first-order valence-corrected chi connectivity index (χ1v) is 11.3. The molecule has 2 aliphatic rings. The van der Waals surface area contributed by atoms with Gasteiger partial charge in [0.1, 0.15) is 11.6 Å². The fourth-order valence-electron chi connectivity index (χ4n) is 4.99. The Morgan fingerprint density at radius 3 is 2.56 bits per heavy atom. The standard InChI is InChI=1S/C27H25N5O2/c1-16-23(17-7-4-3-5-8-17)27(31-30-16)32-21-9-6-10-22(33)25(21)24(20(15-28)26(32)29)18-11-13-19(34-2)14-12-18/h3-5,7-8,11-14,24H,6,9-10,29H2,1-2H3,(H,30,31)/t24-/m1/s1. The number of rotatable bonds is 4. The van der Waals surface area contributed by atoms with Crippen molar-refractivity contribution in [1.82, 2.24) is 10.2 Å². The monoisotopic (exact) mass is 451 g/mol. The fourth-order valence-corrected chi connectivity index (χ4v) is 4.99. The molecule has 0 bridgehead atoms. The SMILES string of the molecule is COc1ccc([C@@H]2C(C#N)=C(N)N(c3n[nH]c(C)c3-c3ccccc3)C3=C2C(=O)CCC3)cc1. The number of Topliss-reactive ketones (excluding diaryl/α,β-unsaturated/α-hetero) is 1. The Morgan fingerprint density at radius 1 is 1.15 bits per heavy atom. The Hall–Kier alpha value is -4.31. The van der Waals surface area contributed by atoms with Crippen LogP contribution >= 0.6 is 0 Å². The average molecular weight is 452 g/mol. The molecule has 1 aromatic heterocycles. The van der Waals surface area contributed by atoms with E-state index in [9.17, 15) is 10.1 Å². The Labute approximate surface area is 198 Å². The first kappa shape index (κ1) is 21.5. The van der Waals surface area contributed by atoms with Crippen molar-refractivity contribution in [2.45, 2.75) is 32.1 Å². The Kier molecular flexibility index (Phi) is 5.42. The molecule has 7 heteroatoms. The van der Waals surface area contributed by atoms with Crippen LogP contribution in [-0.2, 0) is 4.79 Å². The maximum atomic E-state index is 13.3. The number of ketones is 1. The summed E-state index contributed by atoms with van der Waals surface area (Å²) in [5.41, 5.74) is 12.1. The largest absolute Gasteiger partial charge is 0.497 e. The van der Waals surface area contributed by atoms with Crippen LogP contribution in [0.1, 0.15) is 36.4 Å². The molecule has 0 amide bonds. The fraction of sp³-hybridized carbons (Fsp3) is 0.222. The zero-order valence-corrected chi connectivity index (χ0v) is 19.1. The third-order valence-corrected chi connectivity index (χ3v) is 6.56. The number of aromatic amines is 1. The average Bonchev–Trinajstić information content (AvgIpc) is 3.24. The third kappa shape index (κ3) is 3.35. The molecule has 5 rings (SSSR count). The molecule has 2 heterocycles. The smallest absolute Gasteiger partial charge is 0.168 e. The van der Waals surface area contributed by atoms with Gasteiger partial charge >= 0.3 is 0 Å². The van der Waals surface area contributed by atoms with Gasteiger partial charge in [-0.2, -0.15) is 10.4 Å². The van der Waals surface area contributed by atoms with Gasteiger partial charge in [0.05, 0.1) is 24.7 Å². The van der Waals surface area contributed by atoms with Crippen molar-refractivity contribution < 1.29 is 9.53 Å². The first-order chi connectivity index (χ1) is 16.5. The number of aromatic nitrogens is 2. The number of hydrogen-bond donors (Lipinski definition) is 2. The third-order valence-electron chi connectivity index (χ3n) is 6.56. The summed E-state index contributed by atoms with van der Waals surface area (Å²) in [6.45, 7) is 1.95. The van der Waals surface area contributed by atoms with Crippen molar-refractivity contribution in [1.29, 1.82) is 5.26 Å². The number of carbonyl (C=O) groups excluding carboxylic acids is 1. The highest BCUT2D eigenvalue weighted by atomic mass is 16.5. The minimum absolute atomic E-state index is 0.0424. The van der Waals surface area contributed by atoms with Gasteiger partial charge in [0.2, 0.25) is 0 Å². The second-order valence-electron chi connectivity index (χ2n) is 8.50. The lowest BCUT2D eigenvalue weighted by molar-refractivity contribution is -0.116. The van der Waals surface area contributed by atoms with E-state index in [1.165, 1.54) is 0 Å². The van der Waals surface area contributed by atoms with Crippen LogP contribution in [0.3, 0.4) is 0 Å². The van der Waals surface area contributed by atoms with Gasteiger partial charge in [0.25, 0.3) is 0 Å². The van der Waals surface area contributed by atoms with E-state index >= 15 is 0 Å². The Balaban J connectivity index is 1.74. The molecule has 0 saturated carbocycles. The lowest BCUT2D eigenvalue weighted by Gasteiger charge is -2.39. The molecule has 0 radical (unpaired) electrons. The van der Waals surface area contributed by atoms with Gasteiger partial charge in [0, 0.05) is 28.9 Å². The highest BCUT2D eigenvalue weighted by Crippen LogP contribution is 2.48. The van der Waals surface area contributed by atoms with E-state index in [0.29, 0.717) is 41.4 Å². The summed E-state index contributed by atoms with van der Waals surface area (Å²) < 4.78 is 5.29. The number of aryl methyl sites for hydroxylation is 1. The maximum Gasteiger partial charge on any atom is 0.168 e. The molecule has 0 fully saturated rings. The number of methoxy groups -OCH3 is 1. The van der Waals surface area contributed by atoms with Crippen molar-refractivity contribution >= 4 is 11.6 Å². The minimum atomic E-state index is -0.518. The molecule has 3 N–H and O–H groups in total. The van der Waals surface area contributed by atoms with E-state index < -0.39 is 5.92 Å². The van der Waals surface area contributed by atoms with Gasteiger partial charge < -0.3 is 10.5 Å². The summed E-state index contributed by atoms with van der Waals surface area (Å²) in [6.07, 6.45) is 1.85. The van der Waals surface area contributed by atoms with Crippen LogP contribution < -0.4 is 15.4 Å². The minimum Gasteiger partial charge on any atom is -0.497 e. The van der Waals surface area contributed by atoms with E-state index in [0.717, 1.165) is 34.5 Å². The molecule has 170 valence electrons. The van der Waals surface area contributed by atoms with Crippen LogP contribution in [0.5, 0.6) is 5.75 Å². The highest BCUT2D eigenvalue weighted by Gasteiger charge is 2.41. The van der Waals surface area contributed by atoms with Crippen molar-refractivity contribution in [2.75, 3.05) is 12.0 Å². The molecule has 0 spiro atoms. The van der Waals surface area contributed by atoms with E-state index in [-0.39, 0.29) is 5.78 Å². The normalized spacial score (nSPS) is 18.1. The second kappa shape index (κ2) is 8.56. The number of ether oxygens (including phenoxy) is 1. The lowest BCUT2D eigenvalue weighted by Crippen LogP contribution is -2.39. The van der Waals surface area contributed by atoms with E-state index in [1.54, 1.807) is 7.11 Å². The number of nitrogens with zero attached hydrogens (tertiary/aromatic N) is 3. The molecular formula is C27H25N5O2. The van der Waals surface area contributed by atoms with Crippen molar-refractivity contribution in [3.8, 4) is 22.9 Å². The molecule has 2 aromatic carbocycles. The van der Waals surface area contributed by atoms with Gasteiger partial charge in [-0.3, -0.25) is 14.8 Å². The summed E-state index contributed by atoms with van der Waals surface area (Å²) in [5, 5.41) is 17.9. The molecule has 1 aliphatic heterocycles. The van der Waals surface area contributed by atoms with Crippen LogP contribution in [0.15, 0.2) is 77.3 Å². The number of nitriles is 1. The summed E-state index contributed by atoms with van der Waals surface area (Å²) in [5.74, 6) is 1.14. The molecule has 0 saturated heterocycles. The zero-order chi connectivity index (χ0) is 23.8. The Bertz CT molecular complexity index is 1360.